The Kier molecular flexibility index (Phi) is 4.71. The highest BCUT2D eigenvalue weighted by atomic mass is 16.4. The largest absolute Gasteiger partial charge is 0.478 e. The van der Waals surface area contributed by atoms with Gasteiger partial charge in [-0.1, -0.05) is 13.5 Å². The molecule has 0 radical (unpaired) electrons. The number of carbonyl (C=O) groups excluding carboxylic acids is 2. The SMILES string of the molecule is C=C(N[C@H]1C[C@@H]1C)[C@@H]1CN(C(=O)c2ccc(C(=O)O)cc2)C[C@H]1C(N)=O. The molecule has 1 saturated heterocycles. The first kappa shape index (κ1) is 18.0. The minimum Gasteiger partial charge on any atom is -0.478 e. The highest BCUT2D eigenvalue weighted by Crippen LogP contribution is 2.34. The molecule has 7 nitrogen and oxygen atoms in total. The van der Waals surface area contributed by atoms with Crippen molar-refractivity contribution in [2.45, 2.75) is 19.4 Å². The minimum absolute atomic E-state index is 0.118. The molecule has 0 aromatic heterocycles. The second-order valence-electron chi connectivity index (χ2n) is 7.20. The van der Waals surface area contributed by atoms with Gasteiger partial charge in [-0.25, -0.2) is 4.79 Å². The Bertz CT molecular complexity index is 759. The van der Waals surface area contributed by atoms with E-state index < -0.39 is 17.8 Å². The van der Waals surface area contributed by atoms with E-state index in [2.05, 4.69) is 18.8 Å². The van der Waals surface area contributed by atoms with E-state index in [0.717, 1.165) is 12.1 Å². The second kappa shape index (κ2) is 6.82. The second-order valence-corrected chi connectivity index (χ2v) is 7.20. The summed E-state index contributed by atoms with van der Waals surface area (Å²) in [5.74, 6) is -1.85. The summed E-state index contributed by atoms with van der Waals surface area (Å²) in [6.07, 6.45) is 1.07. The van der Waals surface area contributed by atoms with Crippen molar-refractivity contribution in [1.29, 1.82) is 0 Å². The third-order valence-corrected chi connectivity index (χ3v) is 5.28. The number of nitrogens with two attached hydrogens (primary N) is 1. The number of nitrogens with zero attached hydrogens (tertiary/aromatic N) is 1. The van der Waals surface area contributed by atoms with Crippen LogP contribution in [0.3, 0.4) is 0 Å². The molecule has 7 heteroatoms. The van der Waals surface area contributed by atoms with E-state index in [1.165, 1.54) is 24.3 Å². The Hall–Kier alpha value is -2.83. The molecule has 2 fully saturated rings. The molecule has 0 unspecified atom stereocenters. The number of rotatable bonds is 6. The standard InChI is InChI=1S/C19H23N3O4/c1-10-7-16(10)21-11(2)14-8-22(9-15(14)17(20)23)18(24)12-3-5-13(6-4-12)19(25)26/h3-6,10,14-16,21H,2,7-9H2,1H3,(H2,20,23)(H,25,26)/t10-,14-,15+,16-/m0/s1. The van der Waals surface area contributed by atoms with Crippen molar-refractivity contribution in [3.63, 3.8) is 0 Å². The van der Waals surface area contributed by atoms with Crippen LogP contribution < -0.4 is 11.1 Å². The van der Waals surface area contributed by atoms with Gasteiger partial charge in [-0.05, 0) is 36.6 Å². The highest BCUT2D eigenvalue weighted by Gasteiger charge is 2.42. The quantitative estimate of drug-likeness (QED) is 0.705. The molecule has 2 aliphatic rings. The van der Waals surface area contributed by atoms with Gasteiger partial charge >= 0.3 is 5.97 Å². The fourth-order valence-electron chi connectivity index (χ4n) is 3.42. The first-order chi connectivity index (χ1) is 12.3. The number of likely N-dealkylation sites (tertiary alicyclic amines) is 1. The predicted molar refractivity (Wildman–Crippen MR) is 95.3 cm³/mol. The van der Waals surface area contributed by atoms with E-state index in [1.807, 2.05) is 0 Å². The lowest BCUT2D eigenvalue weighted by Gasteiger charge is -2.20. The fraction of sp³-hybridized carbons (Fsp3) is 0.421. The molecule has 1 aliphatic heterocycles. The van der Waals surface area contributed by atoms with Crippen LogP contribution in [0.15, 0.2) is 36.5 Å². The fourth-order valence-corrected chi connectivity index (χ4v) is 3.42. The predicted octanol–water partition coefficient (Wildman–Crippen LogP) is 1.07. The molecule has 138 valence electrons. The van der Waals surface area contributed by atoms with Crippen LogP contribution in [0.2, 0.25) is 0 Å². The molecule has 1 aromatic rings. The molecule has 0 spiro atoms. The van der Waals surface area contributed by atoms with E-state index >= 15 is 0 Å². The van der Waals surface area contributed by atoms with Gasteiger partial charge in [-0.3, -0.25) is 9.59 Å². The van der Waals surface area contributed by atoms with E-state index in [4.69, 9.17) is 10.8 Å². The molecule has 2 amide bonds. The zero-order valence-corrected chi connectivity index (χ0v) is 14.6. The first-order valence-electron chi connectivity index (χ1n) is 8.65. The number of benzene rings is 1. The zero-order valence-electron chi connectivity index (χ0n) is 14.6. The number of carbonyl (C=O) groups is 3. The molecule has 4 atom stereocenters. The van der Waals surface area contributed by atoms with Crippen molar-refractivity contribution >= 4 is 17.8 Å². The summed E-state index contributed by atoms with van der Waals surface area (Å²) >= 11 is 0. The maximum atomic E-state index is 12.7. The van der Waals surface area contributed by atoms with Gasteiger partial charge in [0.1, 0.15) is 0 Å². The van der Waals surface area contributed by atoms with Gasteiger partial charge in [0, 0.05) is 36.3 Å². The van der Waals surface area contributed by atoms with Gasteiger partial charge in [0.2, 0.25) is 5.91 Å². The van der Waals surface area contributed by atoms with Crippen molar-refractivity contribution in [3.8, 4) is 0 Å². The normalized spacial score (nSPS) is 27.0. The van der Waals surface area contributed by atoms with Crippen molar-refractivity contribution in [3.05, 3.63) is 47.7 Å². The molecular weight excluding hydrogens is 334 g/mol. The molecule has 1 aliphatic carbocycles. The summed E-state index contributed by atoms with van der Waals surface area (Å²) in [5, 5.41) is 12.3. The Balaban J connectivity index is 1.71. The number of carboxylic acids is 1. The number of aromatic carboxylic acids is 1. The minimum atomic E-state index is -1.05. The van der Waals surface area contributed by atoms with Crippen LogP contribution in [0.25, 0.3) is 0 Å². The summed E-state index contributed by atoms with van der Waals surface area (Å²) in [7, 11) is 0. The molecule has 1 aromatic carbocycles. The van der Waals surface area contributed by atoms with E-state index in [0.29, 0.717) is 24.1 Å². The summed E-state index contributed by atoms with van der Waals surface area (Å²) in [4.78, 5) is 37.1. The maximum Gasteiger partial charge on any atom is 0.335 e. The van der Waals surface area contributed by atoms with Crippen LogP contribution in [-0.4, -0.2) is 46.9 Å². The number of amides is 2. The van der Waals surface area contributed by atoms with Crippen LogP contribution in [0.1, 0.15) is 34.1 Å². The summed E-state index contributed by atoms with van der Waals surface area (Å²) in [6, 6.07) is 6.13. The smallest absolute Gasteiger partial charge is 0.335 e. The number of carboxylic acid groups (broad SMARTS) is 1. The molecular formula is C19H23N3O4. The first-order valence-corrected chi connectivity index (χ1v) is 8.65. The van der Waals surface area contributed by atoms with Gasteiger partial charge in [0.15, 0.2) is 0 Å². The topological polar surface area (TPSA) is 113 Å². The van der Waals surface area contributed by atoms with Crippen LogP contribution >= 0.6 is 0 Å². The van der Waals surface area contributed by atoms with Crippen molar-refractivity contribution < 1.29 is 19.5 Å². The zero-order chi connectivity index (χ0) is 19.0. The van der Waals surface area contributed by atoms with Crippen LogP contribution in [0.4, 0.5) is 0 Å². The van der Waals surface area contributed by atoms with Crippen molar-refractivity contribution in [2.24, 2.45) is 23.5 Å². The number of primary amides is 1. The third-order valence-electron chi connectivity index (χ3n) is 5.28. The van der Waals surface area contributed by atoms with Crippen molar-refractivity contribution in [2.75, 3.05) is 13.1 Å². The van der Waals surface area contributed by atoms with Gasteiger partial charge in [0.05, 0.1) is 11.5 Å². The average molecular weight is 357 g/mol. The molecule has 3 rings (SSSR count). The molecule has 1 saturated carbocycles. The number of hydrogen-bond acceptors (Lipinski definition) is 4. The molecule has 1 heterocycles. The summed E-state index contributed by atoms with van der Waals surface area (Å²) < 4.78 is 0. The lowest BCUT2D eigenvalue weighted by Crippen LogP contribution is -2.34. The van der Waals surface area contributed by atoms with Gasteiger partial charge in [-0.2, -0.15) is 0 Å². The lowest BCUT2D eigenvalue weighted by atomic mass is 9.93. The molecule has 4 N–H and O–H groups in total. The molecule has 26 heavy (non-hydrogen) atoms. The van der Waals surface area contributed by atoms with Crippen LogP contribution in [-0.2, 0) is 4.79 Å². The van der Waals surface area contributed by atoms with Crippen LogP contribution in [0, 0.1) is 17.8 Å². The summed E-state index contributed by atoms with van der Waals surface area (Å²) in [5.41, 5.74) is 6.79. The average Bonchev–Trinajstić information content (AvgIpc) is 3.12. The Morgan fingerprint density at radius 3 is 2.19 bits per heavy atom. The monoisotopic (exact) mass is 357 g/mol. The summed E-state index contributed by atoms with van der Waals surface area (Å²) in [6.45, 7) is 6.80. The number of nitrogens with one attached hydrogen (secondary N) is 1. The number of hydrogen-bond donors (Lipinski definition) is 3. The van der Waals surface area contributed by atoms with Gasteiger partial charge < -0.3 is 21.1 Å². The van der Waals surface area contributed by atoms with Crippen LogP contribution in [0.5, 0.6) is 0 Å². The highest BCUT2D eigenvalue weighted by molar-refractivity contribution is 5.96. The van der Waals surface area contributed by atoms with Crippen molar-refractivity contribution in [1.82, 2.24) is 10.2 Å². The molecule has 0 bridgehead atoms. The lowest BCUT2D eigenvalue weighted by molar-refractivity contribution is -0.122. The van der Waals surface area contributed by atoms with Gasteiger partial charge in [-0.15, -0.1) is 0 Å². The van der Waals surface area contributed by atoms with E-state index in [1.54, 1.807) is 4.90 Å². The van der Waals surface area contributed by atoms with E-state index in [9.17, 15) is 14.4 Å². The van der Waals surface area contributed by atoms with Gasteiger partial charge in [0.25, 0.3) is 5.91 Å². The van der Waals surface area contributed by atoms with E-state index in [-0.39, 0.29) is 23.9 Å². The Labute approximate surface area is 151 Å². The third kappa shape index (κ3) is 3.56. The Morgan fingerprint density at radius 2 is 1.69 bits per heavy atom. The Morgan fingerprint density at radius 1 is 1.15 bits per heavy atom. The maximum absolute atomic E-state index is 12.7.